The van der Waals surface area contributed by atoms with E-state index in [1.54, 1.807) is 0 Å². The van der Waals surface area contributed by atoms with Crippen molar-refractivity contribution >= 4 is 65.4 Å². The van der Waals surface area contributed by atoms with Gasteiger partial charge in [0.2, 0.25) is 5.95 Å². The van der Waals surface area contributed by atoms with Gasteiger partial charge >= 0.3 is 0 Å². The molecular weight excluding hydrogens is 767 g/mol. The Hall–Kier alpha value is -8.54. The van der Waals surface area contributed by atoms with Crippen LogP contribution >= 0.6 is 0 Å². The molecule has 4 heterocycles. The number of benzene rings is 9. The normalized spacial score (nSPS) is 11.8. The Kier molecular flexibility index (Phi) is 7.84. The van der Waals surface area contributed by atoms with E-state index < -0.39 is 0 Å². The molecule has 4 aromatic heterocycles. The number of para-hydroxylation sites is 4. The first-order chi connectivity index (χ1) is 31.3. The monoisotopic (exact) mass is 803 g/mol. The van der Waals surface area contributed by atoms with Gasteiger partial charge in [0.25, 0.3) is 0 Å². The van der Waals surface area contributed by atoms with Crippen LogP contribution in [-0.2, 0) is 0 Å². The summed E-state index contributed by atoms with van der Waals surface area (Å²) in [6.45, 7) is 0. The molecule has 0 spiro atoms. The summed E-state index contributed by atoms with van der Waals surface area (Å²) in [4.78, 5) is 11.2. The minimum atomic E-state index is 0.607. The molecule has 0 saturated carbocycles. The molecule has 0 saturated heterocycles. The van der Waals surface area contributed by atoms with E-state index in [2.05, 4.69) is 238 Å². The number of hydrogen-bond donors (Lipinski definition) is 0. The van der Waals surface area contributed by atoms with Crippen LogP contribution in [0.3, 0.4) is 0 Å². The van der Waals surface area contributed by atoms with Gasteiger partial charge in [0.1, 0.15) is 5.82 Å². The van der Waals surface area contributed by atoms with E-state index in [-0.39, 0.29) is 0 Å². The fraction of sp³-hybridized carbons (Fsp3) is 0. The van der Waals surface area contributed by atoms with E-state index in [9.17, 15) is 0 Å². The van der Waals surface area contributed by atoms with Gasteiger partial charge in [-0.15, -0.1) is 0 Å². The zero-order valence-corrected chi connectivity index (χ0v) is 34.1. The maximum atomic E-state index is 5.63. The minimum absolute atomic E-state index is 0.607. The van der Waals surface area contributed by atoms with Crippen LogP contribution in [0.2, 0.25) is 0 Å². The minimum Gasteiger partial charge on any atom is -0.309 e. The second-order valence-electron chi connectivity index (χ2n) is 16.2. The smallest absolute Gasteiger partial charge is 0.237 e. The van der Waals surface area contributed by atoms with Gasteiger partial charge in [0, 0.05) is 49.6 Å². The van der Waals surface area contributed by atoms with Gasteiger partial charge in [0.15, 0.2) is 0 Å². The van der Waals surface area contributed by atoms with Crippen LogP contribution in [0.25, 0.3) is 116 Å². The highest BCUT2D eigenvalue weighted by molar-refractivity contribution is 6.26. The molecule has 5 nitrogen and oxygen atoms in total. The van der Waals surface area contributed by atoms with Gasteiger partial charge in [-0.3, -0.25) is 9.13 Å². The molecule has 0 radical (unpaired) electrons. The Morgan fingerprint density at radius 3 is 1.43 bits per heavy atom. The third-order valence-electron chi connectivity index (χ3n) is 12.7. The Labute approximate surface area is 363 Å². The lowest BCUT2D eigenvalue weighted by Gasteiger charge is -2.14. The highest BCUT2D eigenvalue weighted by atomic mass is 15.2. The zero-order valence-electron chi connectivity index (χ0n) is 34.1. The van der Waals surface area contributed by atoms with E-state index in [1.807, 2.05) is 0 Å². The Morgan fingerprint density at radius 2 is 0.778 bits per heavy atom. The Bertz CT molecular complexity index is 3860. The average Bonchev–Trinajstić information content (AvgIpc) is 4.00. The van der Waals surface area contributed by atoms with Crippen molar-refractivity contribution in [3.63, 3.8) is 0 Å². The molecule has 63 heavy (non-hydrogen) atoms. The summed E-state index contributed by atoms with van der Waals surface area (Å²) in [7, 11) is 0. The number of aromatic nitrogens is 5. The quantitative estimate of drug-likeness (QED) is 0.168. The van der Waals surface area contributed by atoms with E-state index in [1.165, 1.54) is 27.3 Å². The molecule has 0 aliphatic heterocycles. The van der Waals surface area contributed by atoms with Crippen molar-refractivity contribution in [2.24, 2.45) is 0 Å². The van der Waals surface area contributed by atoms with E-state index in [0.717, 1.165) is 83.1 Å². The fourth-order valence-electron chi connectivity index (χ4n) is 9.89. The van der Waals surface area contributed by atoms with Crippen LogP contribution in [0, 0.1) is 0 Å². The molecule has 0 fully saturated rings. The largest absolute Gasteiger partial charge is 0.309 e. The second-order valence-corrected chi connectivity index (χ2v) is 16.2. The summed E-state index contributed by atoms with van der Waals surface area (Å²) in [6, 6.07) is 80.2. The van der Waals surface area contributed by atoms with E-state index >= 15 is 0 Å². The topological polar surface area (TPSA) is 40.6 Å². The van der Waals surface area contributed by atoms with Gasteiger partial charge in [0.05, 0.1) is 38.8 Å². The van der Waals surface area contributed by atoms with Crippen LogP contribution in [-0.4, -0.2) is 23.7 Å². The third-order valence-corrected chi connectivity index (χ3v) is 12.7. The third kappa shape index (κ3) is 5.50. The summed E-state index contributed by atoms with van der Waals surface area (Å²) in [5, 5.41) is 6.99. The Morgan fingerprint density at radius 1 is 0.286 bits per heavy atom. The maximum absolute atomic E-state index is 5.63. The molecule has 0 aliphatic carbocycles. The molecule has 0 aliphatic rings. The van der Waals surface area contributed by atoms with Gasteiger partial charge in [-0.05, 0) is 70.8 Å². The summed E-state index contributed by atoms with van der Waals surface area (Å²) >= 11 is 0. The lowest BCUT2D eigenvalue weighted by atomic mass is 10.0. The number of nitrogens with zero attached hydrogens (tertiary/aromatic N) is 5. The summed E-state index contributed by atoms with van der Waals surface area (Å²) in [6.07, 6.45) is 0. The molecule has 13 rings (SSSR count). The van der Waals surface area contributed by atoms with Crippen LogP contribution in [0.1, 0.15) is 0 Å². The fourth-order valence-corrected chi connectivity index (χ4v) is 9.89. The van der Waals surface area contributed by atoms with Crippen LogP contribution < -0.4 is 0 Å². The summed E-state index contributed by atoms with van der Waals surface area (Å²) < 4.78 is 7.02. The summed E-state index contributed by atoms with van der Waals surface area (Å²) in [5.74, 6) is 1.41. The van der Waals surface area contributed by atoms with Crippen molar-refractivity contribution in [2.45, 2.75) is 0 Å². The van der Waals surface area contributed by atoms with Gasteiger partial charge < -0.3 is 4.57 Å². The Balaban J connectivity index is 1.14. The molecule has 0 amide bonds. The molecule has 0 bridgehead atoms. The van der Waals surface area contributed by atoms with Crippen LogP contribution in [0.15, 0.2) is 224 Å². The first kappa shape index (κ1) is 35.2. The van der Waals surface area contributed by atoms with E-state index in [0.29, 0.717) is 5.95 Å². The van der Waals surface area contributed by atoms with Crippen molar-refractivity contribution in [1.82, 2.24) is 23.7 Å². The van der Waals surface area contributed by atoms with Crippen molar-refractivity contribution in [3.8, 4) is 51.0 Å². The van der Waals surface area contributed by atoms with E-state index in [4.69, 9.17) is 9.97 Å². The van der Waals surface area contributed by atoms with Crippen molar-refractivity contribution in [1.29, 1.82) is 0 Å². The van der Waals surface area contributed by atoms with Gasteiger partial charge in [-0.25, -0.2) is 4.98 Å². The summed E-state index contributed by atoms with van der Waals surface area (Å²) in [5.41, 5.74) is 14.2. The molecule has 0 N–H and O–H groups in total. The van der Waals surface area contributed by atoms with Crippen molar-refractivity contribution in [3.05, 3.63) is 224 Å². The second kappa shape index (κ2) is 14.0. The highest BCUT2D eigenvalue weighted by Gasteiger charge is 2.24. The number of rotatable bonds is 6. The van der Waals surface area contributed by atoms with Gasteiger partial charge in [-0.1, -0.05) is 170 Å². The average molecular weight is 804 g/mol. The first-order valence-electron chi connectivity index (χ1n) is 21.4. The molecule has 294 valence electrons. The van der Waals surface area contributed by atoms with Crippen molar-refractivity contribution in [2.75, 3.05) is 0 Å². The number of hydrogen-bond acceptors (Lipinski definition) is 2. The van der Waals surface area contributed by atoms with Gasteiger partial charge in [-0.2, -0.15) is 4.98 Å². The molecule has 5 heteroatoms. The zero-order chi connectivity index (χ0) is 41.4. The molecule has 0 atom stereocenters. The lowest BCUT2D eigenvalue weighted by Crippen LogP contribution is -2.07. The van der Waals surface area contributed by atoms with Crippen LogP contribution in [0.4, 0.5) is 0 Å². The highest BCUT2D eigenvalue weighted by Crippen LogP contribution is 2.43. The first-order valence-corrected chi connectivity index (χ1v) is 21.4. The number of fused-ring (bicyclic) bond motifs is 10. The molecule has 0 unspecified atom stereocenters. The molecule has 13 aromatic rings. The predicted octanol–water partition coefficient (Wildman–Crippen LogP) is 14.8. The van der Waals surface area contributed by atoms with Crippen molar-refractivity contribution < 1.29 is 0 Å². The SMILES string of the molecule is c1ccc(-c2cccc(-c3cc(-n4c5ccccc5c5ccccc54)nc(-n4c5ccccc5c5ccc6c(c7ccccc7n6-c6cccc(-c7ccccc7)c6)c54)n3)c2)cc1. The lowest BCUT2D eigenvalue weighted by molar-refractivity contribution is 0.953. The standard InChI is InChI=1S/C58H37N5/c1-3-17-38(18-4-1)40-21-15-23-42(35-40)49-37-55(62-50-29-11-7-25-44(50)45-26-8-12-30-51(45)62)60-58(59-49)63-52-31-13-9-27-46(52)47-33-34-54-56(57(47)63)48-28-10-14-32-53(48)61(54)43-24-16-22-41(36-43)39-19-5-2-6-20-39/h1-37H. The molecule has 9 aromatic carbocycles. The van der Waals surface area contributed by atoms with Crippen LogP contribution in [0.5, 0.6) is 0 Å². The predicted molar refractivity (Wildman–Crippen MR) is 261 cm³/mol. The maximum Gasteiger partial charge on any atom is 0.237 e. The molecular formula is C58H37N5.